The van der Waals surface area contributed by atoms with Crippen molar-refractivity contribution in [1.82, 2.24) is 0 Å². The van der Waals surface area contributed by atoms with Crippen molar-refractivity contribution in [2.24, 2.45) is 11.3 Å². The van der Waals surface area contributed by atoms with Gasteiger partial charge in [0.1, 0.15) is 0 Å². The van der Waals surface area contributed by atoms with Gasteiger partial charge in [0.25, 0.3) is 0 Å². The lowest BCUT2D eigenvalue weighted by Crippen LogP contribution is -2.10. The third kappa shape index (κ3) is 5.47. The largest absolute Gasteiger partial charge is 0.0877 e. The standard InChI is InChI=1S/C14H28/c1-6-11-14(5,8-3)12-9-10-13(4)7-2/h9,12-13H,6-8,10-11H2,1-5H3. The van der Waals surface area contributed by atoms with Crippen molar-refractivity contribution in [2.45, 2.75) is 66.7 Å². The molecule has 84 valence electrons. The van der Waals surface area contributed by atoms with Crippen LogP contribution in [0.1, 0.15) is 66.7 Å². The fourth-order valence-electron chi connectivity index (χ4n) is 1.70. The molecule has 0 spiro atoms. The average molecular weight is 196 g/mol. The summed E-state index contributed by atoms with van der Waals surface area (Å²) in [6, 6.07) is 0. The zero-order valence-corrected chi connectivity index (χ0v) is 10.8. The molecule has 0 heterocycles. The van der Waals surface area contributed by atoms with Crippen LogP contribution in [0, 0.1) is 11.3 Å². The second kappa shape index (κ2) is 7.09. The van der Waals surface area contributed by atoms with Gasteiger partial charge in [0.2, 0.25) is 0 Å². The summed E-state index contributed by atoms with van der Waals surface area (Å²) in [7, 11) is 0. The van der Waals surface area contributed by atoms with Crippen molar-refractivity contribution in [3.8, 4) is 0 Å². The first kappa shape index (κ1) is 13.7. The quantitative estimate of drug-likeness (QED) is 0.491. The molecule has 0 saturated heterocycles. The van der Waals surface area contributed by atoms with Gasteiger partial charge in [0, 0.05) is 0 Å². The first-order valence-electron chi connectivity index (χ1n) is 6.25. The number of hydrogen-bond donors (Lipinski definition) is 0. The molecule has 0 aliphatic carbocycles. The first-order chi connectivity index (χ1) is 6.58. The molecule has 0 aromatic heterocycles. The minimum Gasteiger partial charge on any atom is -0.0877 e. The van der Waals surface area contributed by atoms with Gasteiger partial charge in [-0.25, -0.2) is 0 Å². The van der Waals surface area contributed by atoms with Gasteiger partial charge in [-0.15, -0.1) is 0 Å². The molecule has 0 rings (SSSR count). The Balaban J connectivity index is 4.02. The third-order valence-electron chi connectivity index (χ3n) is 3.38. The van der Waals surface area contributed by atoms with Gasteiger partial charge in [-0.05, 0) is 30.6 Å². The summed E-state index contributed by atoms with van der Waals surface area (Å²) in [5.41, 5.74) is 0.447. The monoisotopic (exact) mass is 196 g/mol. The Morgan fingerprint density at radius 3 is 2.29 bits per heavy atom. The summed E-state index contributed by atoms with van der Waals surface area (Å²) in [4.78, 5) is 0. The van der Waals surface area contributed by atoms with Gasteiger partial charge in [0.15, 0.2) is 0 Å². The highest BCUT2D eigenvalue weighted by Crippen LogP contribution is 2.29. The topological polar surface area (TPSA) is 0 Å². The summed E-state index contributed by atoms with van der Waals surface area (Å²) < 4.78 is 0. The van der Waals surface area contributed by atoms with Crippen LogP contribution in [0.15, 0.2) is 12.2 Å². The predicted molar refractivity (Wildman–Crippen MR) is 66.5 cm³/mol. The molecule has 0 radical (unpaired) electrons. The van der Waals surface area contributed by atoms with Gasteiger partial charge in [-0.2, -0.15) is 0 Å². The smallest absolute Gasteiger partial charge is 0.0149 e. The van der Waals surface area contributed by atoms with Crippen molar-refractivity contribution >= 4 is 0 Å². The lowest BCUT2D eigenvalue weighted by atomic mass is 9.82. The fraction of sp³-hybridized carbons (Fsp3) is 0.857. The van der Waals surface area contributed by atoms with E-state index in [1.807, 2.05) is 0 Å². The van der Waals surface area contributed by atoms with Crippen LogP contribution in [-0.2, 0) is 0 Å². The summed E-state index contributed by atoms with van der Waals surface area (Å²) in [5, 5.41) is 0. The van der Waals surface area contributed by atoms with Crippen LogP contribution in [0.3, 0.4) is 0 Å². The van der Waals surface area contributed by atoms with Crippen LogP contribution in [-0.4, -0.2) is 0 Å². The highest BCUT2D eigenvalue weighted by atomic mass is 14.2. The van der Waals surface area contributed by atoms with E-state index in [1.165, 1.54) is 32.1 Å². The Labute approximate surface area is 90.8 Å². The lowest BCUT2D eigenvalue weighted by molar-refractivity contribution is 0.371. The Kier molecular flexibility index (Phi) is 6.96. The van der Waals surface area contributed by atoms with E-state index in [0.29, 0.717) is 5.41 Å². The second-order valence-electron chi connectivity index (χ2n) is 4.91. The highest BCUT2D eigenvalue weighted by molar-refractivity contribution is 4.96. The highest BCUT2D eigenvalue weighted by Gasteiger charge is 2.16. The molecule has 0 fully saturated rings. The molecule has 0 saturated carbocycles. The van der Waals surface area contributed by atoms with Gasteiger partial charge in [-0.1, -0.05) is 59.6 Å². The molecule has 0 aliphatic heterocycles. The Bertz CT molecular complexity index is 157. The van der Waals surface area contributed by atoms with E-state index in [2.05, 4.69) is 46.8 Å². The lowest BCUT2D eigenvalue weighted by Gasteiger charge is -2.23. The van der Waals surface area contributed by atoms with Crippen molar-refractivity contribution in [3.05, 3.63) is 12.2 Å². The number of hydrogen-bond acceptors (Lipinski definition) is 0. The van der Waals surface area contributed by atoms with Crippen LogP contribution in [0.25, 0.3) is 0 Å². The molecule has 14 heavy (non-hydrogen) atoms. The van der Waals surface area contributed by atoms with Gasteiger partial charge >= 0.3 is 0 Å². The first-order valence-corrected chi connectivity index (χ1v) is 6.25. The zero-order valence-electron chi connectivity index (χ0n) is 10.8. The van der Waals surface area contributed by atoms with Crippen molar-refractivity contribution < 1.29 is 0 Å². The number of rotatable bonds is 7. The molecule has 2 atom stereocenters. The average Bonchev–Trinajstić information content (AvgIpc) is 2.18. The molecule has 0 nitrogen and oxygen atoms in total. The minimum absolute atomic E-state index is 0.447. The molecular formula is C14H28. The summed E-state index contributed by atoms with van der Waals surface area (Å²) in [6.45, 7) is 11.5. The SMILES string of the molecule is CCCC(C)(C=CCC(C)CC)CC. The molecular weight excluding hydrogens is 168 g/mol. The van der Waals surface area contributed by atoms with Crippen LogP contribution in [0.4, 0.5) is 0 Å². The molecule has 2 unspecified atom stereocenters. The van der Waals surface area contributed by atoms with Crippen LogP contribution < -0.4 is 0 Å². The molecule has 0 heteroatoms. The van der Waals surface area contributed by atoms with Crippen molar-refractivity contribution in [1.29, 1.82) is 0 Å². The van der Waals surface area contributed by atoms with Crippen LogP contribution in [0.2, 0.25) is 0 Å². The van der Waals surface area contributed by atoms with Crippen molar-refractivity contribution in [2.75, 3.05) is 0 Å². The van der Waals surface area contributed by atoms with E-state index >= 15 is 0 Å². The summed E-state index contributed by atoms with van der Waals surface area (Å²) in [5.74, 6) is 0.842. The van der Waals surface area contributed by atoms with Gasteiger partial charge in [-0.3, -0.25) is 0 Å². The molecule has 0 bridgehead atoms. The van der Waals surface area contributed by atoms with E-state index < -0.39 is 0 Å². The molecule has 0 N–H and O–H groups in total. The predicted octanol–water partition coefficient (Wildman–Crippen LogP) is 5.20. The maximum atomic E-state index is 2.45. The maximum Gasteiger partial charge on any atom is -0.0149 e. The minimum atomic E-state index is 0.447. The van der Waals surface area contributed by atoms with Gasteiger partial charge in [0.05, 0.1) is 0 Å². The number of allylic oxidation sites excluding steroid dienone is 2. The van der Waals surface area contributed by atoms with E-state index in [0.717, 1.165) is 5.92 Å². The summed E-state index contributed by atoms with van der Waals surface area (Å²) >= 11 is 0. The molecule has 0 amide bonds. The Morgan fingerprint density at radius 2 is 1.86 bits per heavy atom. The van der Waals surface area contributed by atoms with E-state index in [1.54, 1.807) is 0 Å². The Hall–Kier alpha value is -0.260. The van der Waals surface area contributed by atoms with E-state index in [4.69, 9.17) is 0 Å². The van der Waals surface area contributed by atoms with E-state index in [-0.39, 0.29) is 0 Å². The zero-order chi connectivity index (χ0) is 11.0. The molecule has 0 aliphatic rings. The van der Waals surface area contributed by atoms with E-state index in [9.17, 15) is 0 Å². The summed E-state index contributed by atoms with van der Waals surface area (Å²) in [6.07, 6.45) is 11.3. The Morgan fingerprint density at radius 1 is 1.21 bits per heavy atom. The fourth-order valence-corrected chi connectivity index (χ4v) is 1.70. The molecule has 0 aromatic rings. The van der Waals surface area contributed by atoms with Crippen LogP contribution in [0.5, 0.6) is 0 Å². The normalized spacial score (nSPS) is 18.4. The third-order valence-corrected chi connectivity index (χ3v) is 3.38. The second-order valence-corrected chi connectivity index (χ2v) is 4.91. The van der Waals surface area contributed by atoms with Crippen LogP contribution >= 0.6 is 0 Å². The van der Waals surface area contributed by atoms with Gasteiger partial charge < -0.3 is 0 Å². The molecule has 0 aromatic carbocycles. The van der Waals surface area contributed by atoms with Crippen molar-refractivity contribution in [3.63, 3.8) is 0 Å². The maximum absolute atomic E-state index is 2.45.